The van der Waals surface area contributed by atoms with Crippen molar-refractivity contribution in [3.63, 3.8) is 0 Å². The van der Waals surface area contributed by atoms with Crippen molar-refractivity contribution in [2.75, 3.05) is 52.9 Å². The van der Waals surface area contributed by atoms with E-state index >= 15 is 0 Å². The number of hydrogen-bond donors (Lipinski definition) is 0. The van der Waals surface area contributed by atoms with Gasteiger partial charge in [0.1, 0.15) is 11.5 Å². The van der Waals surface area contributed by atoms with Gasteiger partial charge in [0.15, 0.2) is 0 Å². The lowest BCUT2D eigenvalue weighted by Crippen LogP contribution is -2.13. The van der Waals surface area contributed by atoms with Gasteiger partial charge in [0.2, 0.25) is 0 Å². The molecule has 0 radical (unpaired) electrons. The first kappa shape index (κ1) is 27.2. The van der Waals surface area contributed by atoms with Crippen molar-refractivity contribution in [2.24, 2.45) is 13.5 Å². The Morgan fingerprint density at radius 1 is 0.571 bits per heavy atom. The number of nitrogens with zero attached hydrogens (tertiary/aromatic N) is 3. The fourth-order valence-corrected chi connectivity index (χ4v) is 14.4. The molecule has 0 saturated carbocycles. The van der Waals surface area contributed by atoms with Gasteiger partial charge in [-0.25, -0.2) is 0 Å². The zero-order valence-electron chi connectivity index (χ0n) is 18.7. The number of benzene rings is 2. The first-order valence-electron chi connectivity index (χ1n) is 10.8. The van der Waals surface area contributed by atoms with Crippen LogP contribution in [0.25, 0.3) is 0 Å². The van der Waals surface area contributed by atoms with Gasteiger partial charge < -0.3 is 27.8 Å². The molecule has 0 fully saturated rings. The van der Waals surface area contributed by atoms with Gasteiger partial charge in [-0.05, 0) is 46.7 Å². The number of halogens is 2. The maximum Gasteiger partial charge on any atom is 0.401 e. The van der Waals surface area contributed by atoms with Crippen LogP contribution in [0.1, 0.15) is 0 Å². The highest BCUT2D eigenvalue weighted by atomic mass is 35.7. The van der Waals surface area contributed by atoms with Crippen LogP contribution in [0, 0.1) is 0 Å². The first-order valence-corrected chi connectivity index (χ1v) is 17.4. The summed E-state index contributed by atoms with van der Waals surface area (Å²) >= 11 is 13.8. The van der Waals surface area contributed by atoms with E-state index in [0.29, 0.717) is 37.9 Å². The molecule has 35 heavy (non-hydrogen) atoms. The van der Waals surface area contributed by atoms with E-state index in [9.17, 15) is 0 Å². The molecule has 2 heterocycles. The van der Waals surface area contributed by atoms with Gasteiger partial charge in [-0.2, -0.15) is 4.52 Å². The summed E-state index contributed by atoms with van der Waals surface area (Å²) in [4.78, 5) is 0. The molecule has 2 aromatic rings. The van der Waals surface area contributed by atoms with E-state index < -0.39 is 21.2 Å². The highest BCUT2D eigenvalue weighted by Crippen LogP contribution is 2.82. The van der Waals surface area contributed by atoms with Crippen molar-refractivity contribution in [3.05, 3.63) is 60.7 Å². The number of para-hydroxylation sites is 2. The van der Waals surface area contributed by atoms with Gasteiger partial charge in [0.25, 0.3) is 0 Å². The van der Waals surface area contributed by atoms with Crippen LogP contribution in [-0.4, -0.2) is 52.9 Å². The van der Waals surface area contributed by atoms with E-state index in [4.69, 9.17) is 54.8 Å². The molecule has 2 aromatic carbocycles. The van der Waals surface area contributed by atoms with Crippen LogP contribution < -0.4 is 9.05 Å². The largest absolute Gasteiger partial charge is 0.431 e. The third-order valence-electron chi connectivity index (χ3n) is 4.31. The standard InChI is InChI=1S/C20H26Cl2N3O7P3/c21-33-23-34(22,31-19-7-3-1-4-8-19)25-35(24-33,32-20-9-5-2-6-10-20)30-18-16-28-14-12-26-11-13-27-15-17-29-33/h1-10H,11-18H2. The Balaban J connectivity index is 1.74. The van der Waals surface area contributed by atoms with Crippen LogP contribution in [0.4, 0.5) is 0 Å². The predicted molar refractivity (Wildman–Crippen MR) is 138 cm³/mol. The molecule has 192 valence electrons. The van der Waals surface area contributed by atoms with Crippen LogP contribution in [-0.2, 0) is 23.3 Å². The fraction of sp³-hybridized carbons (Fsp3) is 0.400. The molecule has 0 amide bonds. The zero-order valence-corrected chi connectivity index (χ0v) is 22.9. The minimum atomic E-state index is -3.49. The Hall–Kier alpha value is -0.890. The quantitative estimate of drug-likeness (QED) is 0.342. The molecule has 0 N–H and O–H groups in total. The van der Waals surface area contributed by atoms with Gasteiger partial charge in [0.05, 0.1) is 52.9 Å². The lowest BCUT2D eigenvalue weighted by Gasteiger charge is -2.29. The number of rotatable bonds is 4. The monoisotopic (exact) mass is 583 g/mol. The van der Waals surface area contributed by atoms with Gasteiger partial charge in [-0.3, -0.25) is 4.52 Å². The SMILES string of the molecule is ClP12=NP(Oc3ccccc3)(=NP(Cl)(Oc3ccccc3)=N1)OCCOCCOCCOCCO2. The summed E-state index contributed by atoms with van der Waals surface area (Å²) in [5.41, 5.74) is 0. The topological polar surface area (TPSA) is 102 Å². The van der Waals surface area contributed by atoms with Crippen molar-refractivity contribution in [3.8, 4) is 11.5 Å². The van der Waals surface area contributed by atoms with Crippen LogP contribution in [0.3, 0.4) is 0 Å². The number of fused-ring (bicyclic) bond motifs is 1. The van der Waals surface area contributed by atoms with E-state index in [1.165, 1.54) is 0 Å². The van der Waals surface area contributed by atoms with Crippen LogP contribution >= 0.6 is 43.7 Å². The molecule has 15 heteroatoms. The third kappa shape index (κ3) is 8.58. The van der Waals surface area contributed by atoms with Gasteiger partial charge >= 0.3 is 21.2 Å². The Labute approximate surface area is 214 Å². The minimum absolute atomic E-state index is 0.121. The smallest absolute Gasteiger partial charge is 0.401 e. The van der Waals surface area contributed by atoms with Crippen molar-refractivity contribution >= 4 is 43.7 Å². The van der Waals surface area contributed by atoms with Gasteiger partial charge in [-0.1, -0.05) is 36.4 Å². The highest BCUT2D eigenvalue weighted by Gasteiger charge is 2.41. The minimum Gasteiger partial charge on any atom is -0.431 e. The van der Waals surface area contributed by atoms with Crippen molar-refractivity contribution in [1.29, 1.82) is 0 Å². The van der Waals surface area contributed by atoms with Gasteiger partial charge in [-0.15, -0.1) is 9.03 Å². The molecule has 0 aliphatic carbocycles. The Morgan fingerprint density at radius 2 is 1.06 bits per heavy atom. The summed E-state index contributed by atoms with van der Waals surface area (Å²) in [6, 6.07) is 18.0. The van der Waals surface area contributed by atoms with Crippen molar-refractivity contribution < 1.29 is 32.3 Å². The molecule has 2 aliphatic rings. The Bertz CT molecular complexity index is 1130. The first-order chi connectivity index (χ1) is 17.0. The molecule has 3 unspecified atom stereocenters. The van der Waals surface area contributed by atoms with Gasteiger partial charge in [0, 0.05) is 0 Å². The van der Waals surface area contributed by atoms with Crippen LogP contribution in [0.2, 0.25) is 0 Å². The highest BCUT2D eigenvalue weighted by molar-refractivity contribution is 8.00. The molecule has 0 aromatic heterocycles. The Morgan fingerprint density at radius 3 is 1.63 bits per heavy atom. The van der Waals surface area contributed by atoms with E-state index in [2.05, 4.69) is 13.5 Å². The molecule has 10 nitrogen and oxygen atoms in total. The maximum absolute atomic E-state index is 6.90. The summed E-state index contributed by atoms with van der Waals surface area (Å²) in [6.45, 7) is -4.41. The predicted octanol–water partition coefficient (Wildman–Crippen LogP) is 7.57. The van der Waals surface area contributed by atoms with Crippen molar-refractivity contribution in [2.45, 2.75) is 0 Å². The van der Waals surface area contributed by atoms with E-state index in [1.54, 1.807) is 24.3 Å². The Kier molecular flexibility index (Phi) is 10.1. The molecule has 0 saturated heterocycles. The molecule has 0 spiro atoms. The molecule has 3 atom stereocenters. The lowest BCUT2D eigenvalue weighted by atomic mass is 10.3. The summed E-state index contributed by atoms with van der Waals surface area (Å²) < 4.78 is 54.7. The summed E-state index contributed by atoms with van der Waals surface area (Å²) in [7, 11) is -3.49. The van der Waals surface area contributed by atoms with Crippen molar-refractivity contribution in [1.82, 2.24) is 0 Å². The van der Waals surface area contributed by atoms with E-state index in [1.807, 2.05) is 36.4 Å². The molecule has 2 bridgehead atoms. The number of ether oxygens (including phenoxy) is 3. The summed E-state index contributed by atoms with van der Waals surface area (Å²) in [5.74, 6) is 0.952. The second kappa shape index (κ2) is 13.1. The average Bonchev–Trinajstić information content (AvgIpc) is 2.82. The summed E-state index contributed by atoms with van der Waals surface area (Å²) in [5, 5.41) is 0. The second-order valence-corrected chi connectivity index (χ2v) is 15.6. The second-order valence-electron chi connectivity index (χ2n) is 7.02. The van der Waals surface area contributed by atoms with E-state index in [0.717, 1.165) is 0 Å². The molecular weight excluding hydrogens is 558 g/mol. The summed E-state index contributed by atoms with van der Waals surface area (Å²) in [6.07, 6.45) is 0. The molecular formula is C20H26Cl2N3O7P3. The van der Waals surface area contributed by atoms with E-state index in [-0.39, 0.29) is 26.4 Å². The number of hydrogen-bond acceptors (Lipinski definition) is 10. The fourth-order valence-electron chi connectivity index (χ4n) is 2.87. The zero-order chi connectivity index (χ0) is 24.5. The third-order valence-corrected chi connectivity index (χ3v) is 14.5. The maximum atomic E-state index is 6.90. The van der Waals surface area contributed by atoms with Crippen LogP contribution in [0.15, 0.2) is 74.2 Å². The molecule has 2 aliphatic heterocycles. The normalized spacial score (nSPS) is 30.7. The lowest BCUT2D eigenvalue weighted by molar-refractivity contribution is 0.00518. The molecule has 4 rings (SSSR count). The average molecular weight is 584 g/mol. The van der Waals surface area contributed by atoms with Crippen LogP contribution in [0.5, 0.6) is 11.5 Å².